The first kappa shape index (κ1) is 15.9. The Bertz CT molecular complexity index is 560. The highest BCUT2D eigenvalue weighted by Crippen LogP contribution is 2.02. The van der Waals surface area contributed by atoms with E-state index in [1.165, 1.54) is 0 Å². The van der Waals surface area contributed by atoms with E-state index in [4.69, 9.17) is 4.74 Å². The topological polar surface area (TPSA) is 75.7 Å². The Balaban J connectivity index is 1.72. The second-order valence-corrected chi connectivity index (χ2v) is 6.81. The molecule has 1 aliphatic heterocycles. The average Bonchev–Trinajstić information content (AvgIpc) is 2.48. The second-order valence-electron chi connectivity index (χ2n) is 4.88. The zero-order valence-electron chi connectivity index (χ0n) is 11.8. The summed E-state index contributed by atoms with van der Waals surface area (Å²) in [5.41, 5.74) is 0.992. The molecule has 7 heteroatoms. The minimum absolute atomic E-state index is 0.0497. The van der Waals surface area contributed by atoms with E-state index in [0.29, 0.717) is 26.1 Å². The van der Waals surface area contributed by atoms with E-state index in [1.54, 1.807) is 4.90 Å². The molecule has 2 rings (SSSR count). The lowest BCUT2D eigenvalue weighted by molar-refractivity contribution is -0.142. The van der Waals surface area contributed by atoms with E-state index in [0.717, 1.165) is 5.56 Å². The molecular weight excluding hydrogens is 292 g/mol. The van der Waals surface area contributed by atoms with Crippen LogP contribution in [0.25, 0.3) is 0 Å². The van der Waals surface area contributed by atoms with E-state index >= 15 is 0 Å². The van der Waals surface area contributed by atoms with Gasteiger partial charge in [-0.2, -0.15) is 0 Å². The summed E-state index contributed by atoms with van der Waals surface area (Å²) in [4.78, 5) is 13.1. The Morgan fingerprint density at radius 3 is 2.71 bits per heavy atom. The number of benzene rings is 1. The monoisotopic (exact) mass is 312 g/mol. The van der Waals surface area contributed by atoms with E-state index in [1.807, 2.05) is 30.3 Å². The molecule has 116 valence electrons. The molecule has 0 saturated carbocycles. The van der Waals surface area contributed by atoms with Gasteiger partial charge in [0.05, 0.1) is 12.4 Å². The highest BCUT2D eigenvalue weighted by atomic mass is 32.2. The molecule has 1 fully saturated rings. The maximum Gasteiger partial charge on any atom is 0.248 e. The van der Waals surface area contributed by atoms with Gasteiger partial charge in [-0.1, -0.05) is 30.3 Å². The van der Waals surface area contributed by atoms with Crippen LogP contribution in [0.15, 0.2) is 30.3 Å². The molecule has 1 amide bonds. The predicted molar refractivity (Wildman–Crippen MR) is 79.3 cm³/mol. The van der Waals surface area contributed by atoms with Crippen LogP contribution in [0.5, 0.6) is 0 Å². The minimum Gasteiger partial charge on any atom is -0.370 e. The lowest BCUT2D eigenvalue weighted by Crippen LogP contribution is -2.45. The first-order chi connectivity index (χ1) is 10.1. The Morgan fingerprint density at radius 2 is 2.00 bits per heavy atom. The van der Waals surface area contributed by atoms with Crippen LogP contribution in [-0.4, -0.2) is 57.8 Å². The van der Waals surface area contributed by atoms with Crippen molar-refractivity contribution in [1.29, 1.82) is 0 Å². The molecule has 1 aromatic rings. The van der Waals surface area contributed by atoms with Gasteiger partial charge in [0.1, 0.15) is 6.61 Å². The first-order valence-corrected chi connectivity index (χ1v) is 8.59. The van der Waals surface area contributed by atoms with Crippen LogP contribution in [0.1, 0.15) is 5.56 Å². The molecule has 0 radical (unpaired) electrons. The van der Waals surface area contributed by atoms with Gasteiger partial charge in [-0.3, -0.25) is 4.79 Å². The molecule has 0 aliphatic carbocycles. The fraction of sp³-hybridized carbons (Fsp3) is 0.500. The van der Waals surface area contributed by atoms with E-state index < -0.39 is 10.0 Å². The lowest BCUT2D eigenvalue weighted by atomic mass is 10.2. The summed E-state index contributed by atoms with van der Waals surface area (Å²) in [6.45, 7) is 1.73. The van der Waals surface area contributed by atoms with Gasteiger partial charge < -0.3 is 9.64 Å². The number of nitrogens with zero attached hydrogens (tertiary/aromatic N) is 1. The van der Waals surface area contributed by atoms with Gasteiger partial charge >= 0.3 is 0 Å². The molecule has 0 spiro atoms. The van der Waals surface area contributed by atoms with Gasteiger partial charge in [-0.25, -0.2) is 13.1 Å². The molecule has 21 heavy (non-hydrogen) atoms. The van der Waals surface area contributed by atoms with Gasteiger partial charge in [0.2, 0.25) is 15.9 Å². The van der Waals surface area contributed by atoms with Crippen LogP contribution in [0.3, 0.4) is 0 Å². The molecule has 1 saturated heterocycles. The fourth-order valence-electron chi connectivity index (χ4n) is 2.09. The largest absolute Gasteiger partial charge is 0.370 e. The van der Waals surface area contributed by atoms with Crippen molar-refractivity contribution in [2.75, 3.05) is 38.6 Å². The van der Waals surface area contributed by atoms with Crippen LogP contribution < -0.4 is 4.72 Å². The highest BCUT2D eigenvalue weighted by molar-refractivity contribution is 7.89. The van der Waals surface area contributed by atoms with Crippen molar-refractivity contribution >= 4 is 15.9 Å². The Hall–Kier alpha value is -1.44. The molecule has 1 aromatic carbocycles. The summed E-state index contributed by atoms with van der Waals surface area (Å²) in [7, 11) is -3.32. The van der Waals surface area contributed by atoms with Crippen LogP contribution in [0.2, 0.25) is 0 Å². The number of carbonyl (C=O) groups excluding carboxylic acids is 1. The number of amides is 1. The maximum absolute atomic E-state index is 11.9. The number of nitrogens with one attached hydrogen (secondary N) is 1. The van der Waals surface area contributed by atoms with Crippen molar-refractivity contribution < 1.29 is 17.9 Å². The van der Waals surface area contributed by atoms with Crippen LogP contribution >= 0.6 is 0 Å². The SMILES string of the molecule is O=C1COCCN1CCNS(=O)(=O)CCc1ccccc1. The van der Waals surface area contributed by atoms with Crippen molar-refractivity contribution in [3.8, 4) is 0 Å². The fourth-order valence-corrected chi connectivity index (χ4v) is 3.14. The van der Waals surface area contributed by atoms with Crippen molar-refractivity contribution in [2.45, 2.75) is 6.42 Å². The number of ether oxygens (including phenoxy) is 1. The van der Waals surface area contributed by atoms with Gasteiger partial charge in [0.15, 0.2) is 0 Å². The number of hydrogen-bond acceptors (Lipinski definition) is 4. The highest BCUT2D eigenvalue weighted by Gasteiger charge is 2.18. The van der Waals surface area contributed by atoms with Crippen LogP contribution in [-0.2, 0) is 26.0 Å². The molecule has 0 bridgehead atoms. The molecule has 6 nitrogen and oxygen atoms in total. The zero-order chi connectivity index (χ0) is 15.1. The summed E-state index contributed by atoms with van der Waals surface area (Å²) in [6.07, 6.45) is 0.479. The summed E-state index contributed by atoms with van der Waals surface area (Å²) in [5.74, 6) is -0.0432. The smallest absolute Gasteiger partial charge is 0.248 e. The Kier molecular flexibility index (Phi) is 5.72. The van der Waals surface area contributed by atoms with Gasteiger partial charge in [-0.15, -0.1) is 0 Å². The van der Waals surface area contributed by atoms with Gasteiger partial charge in [-0.05, 0) is 12.0 Å². The average molecular weight is 312 g/mol. The summed E-state index contributed by atoms with van der Waals surface area (Å²) in [6, 6.07) is 9.48. The number of sulfonamides is 1. The Morgan fingerprint density at radius 1 is 1.24 bits per heavy atom. The van der Waals surface area contributed by atoms with Crippen molar-refractivity contribution in [3.05, 3.63) is 35.9 Å². The maximum atomic E-state index is 11.9. The number of rotatable bonds is 7. The minimum atomic E-state index is -3.32. The van der Waals surface area contributed by atoms with Crippen LogP contribution in [0, 0.1) is 0 Å². The number of carbonyl (C=O) groups is 1. The molecule has 1 heterocycles. The molecular formula is C14H20N2O4S. The third kappa shape index (κ3) is 5.45. The number of hydrogen-bond donors (Lipinski definition) is 1. The second kappa shape index (κ2) is 7.53. The standard InChI is InChI=1S/C14H20N2O4S/c17-14-12-20-10-9-16(14)8-7-15-21(18,19)11-6-13-4-2-1-3-5-13/h1-5,15H,6-12H2. The third-order valence-electron chi connectivity index (χ3n) is 3.29. The van der Waals surface area contributed by atoms with Crippen LogP contribution in [0.4, 0.5) is 0 Å². The van der Waals surface area contributed by atoms with E-state index in [-0.39, 0.29) is 24.8 Å². The summed E-state index contributed by atoms with van der Waals surface area (Å²) in [5, 5.41) is 0. The first-order valence-electron chi connectivity index (χ1n) is 6.94. The van der Waals surface area contributed by atoms with E-state index in [9.17, 15) is 13.2 Å². The van der Waals surface area contributed by atoms with Crippen molar-refractivity contribution in [1.82, 2.24) is 9.62 Å². The molecule has 0 atom stereocenters. The van der Waals surface area contributed by atoms with Crippen molar-refractivity contribution in [3.63, 3.8) is 0 Å². The number of morpholine rings is 1. The molecule has 1 aliphatic rings. The lowest BCUT2D eigenvalue weighted by Gasteiger charge is -2.26. The molecule has 1 N–H and O–H groups in total. The quantitative estimate of drug-likeness (QED) is 0.769. The van der Waals surface area contributed by atoms with Gasteiger partial charge in [0, 0.05) is 19.6 Å². The summed E-state index contributed by atoms with van der Waals surface area (Å²) >= 11 is 0. The van der Waals surface area contributed by atoms with E-state index in [2.05, 4.69) is 4.72 Å². The summed E-state index contributed by atoms with van der Waals surface area (Å²) < 4.78 is 31.3. The Labute approximate surface area is 125 Å². The van der Waals surface area contributed by atoms with Gasteiger partial charge in [0.25, 0.3) is 0 Å². The molecule has 0 aromatic heterocycles. The third-order valence-corrected chi connectivity index (χ3v) is 4.68. The predicted octanol–water partition coefficient (Wildman–Crippen LogP) is 0.00730. The number of aryl methyl sites for hydroxylation is 1. The van der Waals surface area contributed by atoms with Crippen molar-refractivity contribution in [2.24, 2.45) is 0 Å². The normalized spacial score (nSPS) is 16.2. The zero-order valence-corrected chi connectivity index (χ0v) is 12.6. The molecule has 0 unspecified atom stereocenters.